The Morgan fingerprint density at radius 1 is 1.43 bits per heavy atom. The maximum absolute atomic E-state index is 11.6. The molecule has 120 valence electrons. The first-order chi connectivity index (χ1) is 9.94. The van der Waals surface area contributed by atoms with Crippen LogP contribution >= 0.6 is 0 Å². The highest BCUT2D eigenvalue weighted by Gasteiger charge is 2.31. The van der Waals surface area contributed by atoms with Crippen LogP contribution in [0.2, 0.25) is 0 Å². The SMILES string of the molecule is CC[C@@H]1CN(S(C)(=O)=O)CC[C@@H]1NCc1ccc(CO)o1. The lowest BCUT2D eigenvalue weighted by atomic mass is 9.91. The van der Waals surface area contributed by atoms with E-state index in [0.29, 0.717) is 31.3 Å². The lowest BCUT2D eigenvalue weighted by molar-refractivity contribution is 0.197. The van der Waals surface area contributed by atoms with Crippen LogP contribution in [0.3, 0.4) is 0 Å². The Hall–Kier alpha value is -0.890. The molecule has 2 atom stereocenters. The van der Waals surface area contributed by atoms with Gasteiger partial charge in [0.2, 0.25) is 10.0 Å². The number of sulfonamides is 1. The van der Waals surface area contributed by atoms with Gasteiger partial charge in [-0.25, -0.2) is 12.7 Å². The van der Waals surface area contributed by atoms with Crippen molar-refractivity contribution in [3.8, 4) is 0 Å². The van der Waals surface area contributed by atoms with Crippen molar-refractivity contribution in [1.29, 1.82) is 0 Å². The molecule has 1 aliphatic rings. The molecule has 21 heavy (non-hydrogen) atoms. The predicted octanol–water partition coefficient (Wildman–Crippen LogP) is 0.922. The van der Waals surface area contributed by atoms with Crippen LogP contribution in [0.15, 0.2) is 16.5 Å². The topological polar surface area (TPSA) is 82.8 Å². The van der Waals surface area contributed by atoms with Gasteiger partial charge in [-0.15, -0.1) is 0 Å². The molecule has 1 aliphatic heterocycles. The number of aliphatic hydroxyl groups excluding tert-OH is 1. The standard InChI is InChI=1S/C14H24N2O4S/c1-3-11-9-16(21(2,18)19)7-6-14(11)15-8-12-4-5-13(10-17)20-12/h4-5,11,14-15,17H,3,6-10H2,1-2H3/t11-,14+/m1/s1. The van der Waals surface area contributed by atoms with Gasteiger partial charge < -0.3 is 14.8 Å². The molecule has 2 rings (SSSR count). The zero-order valence-corrected chi connectivity index (χ0v) is 13.4. The van der Waals surface area contributed by atoms with Crippen LogP contribution in [0.5, 0.6) is 0 Å². The van der Waals surface area contributed by atoms with Crippen molar-refractivity contribution in [2.24, 2.45) is 5.92 Å². The van der Waals surface area contributed by atoms with Crippen LogP contribution < -0.4 is 5.32 Å². The highest BCUT2D eigenvalue weighted by Crippen LogP contribution is 2.22. The van der Waals surface area contributed by atoms with Crippen molar-refractivity contribution < 1.29 is 17.9 Å². The molecule has 6 nitrogen and oxygen atoms in total. The number of hydrogen-bond donors (Lipinski definition) is 2. The smallest absolute Gasteiger partial charge is 0.211 e. The summed E-state index contributed by atoms with van der Waals surface area (Å²) >= 11 is 0. The maximum Gasteiger partial charge on any atom is 0.211 e. The summed E-state index contributed by atoms with van der Waals surface area (Å²) in [6.45, 7) is 3.73. The largest absolute Gasteiger partial charge is 0.462 e. The van der Waals surface area contributed by atoms with E-state index in [1.807, 2.05) is 6.07 Å². The minimum absolute atomic E-state index is 0.0929. The number of nitrogens with one attached hydrogen (secondary N) is 1. The van der Waals surface area contributed by atoms with Gasteiger partial charge in [0.25, 0.3) is 0 Å². The molecule has 1 aromatic heterocycles. The molecule has 0 amide bonds. The quantitative estimate of drug-likeness (QED) is 0.815. The third-order valence-corrected chi connectivity index (χ3v) is 5.37. The van der Waals surface area contributed by atoms with Crippen LogP contribution in [-0.2, 0) is 23.2 Å². The fraction of sp³-hybridized carbons (Fsp3) is 0.714. The van der Waals surface area contributed by atoms with Gasteiger partial charge in [-0.2, -0.15) is 0 Å². The Labute approximate surface area is 126 Å². The van der Waals surface area contributed by atoms with E-state index >= 15 is 0 Å². The average molecular weight is 316 g/mol. The molecule has 0 unspecified atom stereocenters. The lowest BCUT2D eigenvalue weighted by Crippen LogP contribution is -2.50. The highest BCUT2D eigenvalue weighted by molar-refractivity contribution is 7.88. The molecule has 0 aromatic carbocycles. The number of piperidine rings is 1. The molecular formula is C14H24N2O4S. The van der Waals surface area contributed by atoms with Gasteiger partial charge in [0, 0.05) is 19.1 Å². The van der Waals surface area contributed by atoms with Crippen LogP contribution in [0.25, 0.3) is 0 Å². The average Bonchev–Trinajstić information content (AvgIpc) is 2.92. The van der Waals surface area contributed by atoms with Gasteiger partial charge in [-0.3, -0.25) is 0 Å². The van der Waals surface area contributed by atoms with Crippen molar-refractivity contribution in [3.05, 3.63) is 23.7 Å². The van der Waals surface area contributed by atoms with Crippen molar-refractivity contribution in [1.82, 2.24) is 9.62 Å². The van der Waals surface area contributed by atoms with Crippen LogP contribution in [-0.4, -0.2) is 43.2 Å². The van der Waals surface area contributed by atoms with Gasteiger partial charge in [-0.05, 0) is 24.5 Å². The van der Waals surface area contributed by atoms with E-state index in [0.717, 1.165) is 18.6 Å². The number of hydrogen-bond acceptors (Lipinski definition) is 5. The first-order valence-corrected chi connectivity index (χ1v) is 9.15. The highest BCUT2D eigenvalue weighted by atomic mass is 32.2. The molecule has 0 bridgehead atoms. The fourth-order valence-electron chi connectivity index (χ4n) is 2.82. The van der Waals surface area contributed by atoms with E-state index < -0.39 is 10.0 Å². The molecule has 1 saturated heterocycles. The van der Waals surface area contributed by atoms with Crippen molar-refractivity contribution in [2.45, 2.75) is 39.0 Å². The summed E-state index contributed by atoms with van der Waals surface area (Å²) in [6, 6.07) is 3.90. The molecule has 7 heteroatoms. The Morgan fingerprint density at radius 2 is 2.14 bits per heavy atom. The van der Waals surface area contributed by atoms with Crippen LogP contribution in [0, 0.1) is 5.92 Å². The van der Waals surface area contributed by atoms with E-state index in [9.17, 15) is 8.42 Å². The van der Waals surface area contributed by atoms with E-state index in [1.165, 1.54) is 6.26 Å². The monoisotopic (exact) mass is 316 g/mol. The van der Waals surface area contributed by atoms with Gasteiger partial charge in [-0.1, -0.05) is 13.3 Å². The molecular weight excluding hydrogens is 292 g/mol. The second-order valence-corrected chi connectivity index (χ2v) is 7.57. The zero-order chi connectivity index (χ0) is 15.5. The van der Waals surface area contributed by atoms with E-state index in [4.69, 9.17) is 9.52 Å². The number of furan rings is 1. The first kappa shape index (κ1) is 16.5. The Morgan fingerprint density at radius 3 is 2.71 bits per heavy atom. The molecule has 0 aliphatic carbocycles. The first-order valence-electron chi connectivity index (χ1n) is 7.31. The van der Waals surface area contributed by atoms with Gasteiger partial charge in [0.15, 0.2) is 0 Å². The summed E-state index contributed by atoms with van der Waals surface area (Å²) in [6.07, 6.45) is 3.01. The molecule has 0 spiro atoms. The van der Waals surface area contributed by atoms with Gasteiger partial charge >= 0.3 is 0 Å². The van der Waals surface area contributed by atoms with Gasteiger partial charge in [0.05, 0.1) is 12.8 Å². The summed E-state index contributed by atoms with van der Waals surface area (Å²) in [5.74, 6) is 1.66. The Kier molecular flexibility index (Phi) is 5.43. The van der Waals surface area contributed by atoms with E-state index in [-0.39, 0.29) is 12.6 Å². The second-order valence-electron chi connectivity index (χ2n) is 5.59. The van der Waals surface area contributed by atoms with Crippen LogP contribution in [0.1, 0.15) is 31.3 Å². The third kappa shape index (κ3) is 4.29. The van der Waals surface area contributed by atoms with Gasteiger partial charge in [0.1, 0.15) is 18.1 Å². The third-order valence-electron chi connectivity index (χ3n) is 4.10. The van der Waals surface area contributed by atoms with E-state index in [1.54, 1.807) is 10.4 Å². The maximum atomic E-state index is 11.6. The molecule has 1 aromatic rings. The Bertz CT molecular complexity index is 555. The summed E-state index contributed by atoms with van der Waals surface area (Å²) in [7, 11) is -3.10. The molecule has 1 fully saturated rings. The normalized spacial score (nSPS) is 24.3. The second kappa shape index (κ2) is 6.91. The summed E-state index contributed by atoms with van der Waals surface area (Å²) in [5, 5.41) is 12.4. The molecule has 2 N–H and O–H groups in total. The molecule has 0 radical (unpaired) electrons. The fourth-order valence-corrected chi connectivity index (χ4v) is 3.72. The van der Waals surface area contributed by atoms with Crippen molar-refractivity contribution >= 4 is 10.0 Å². The van der Waals surface area contributed by atoms with Crippen molar-refractivity contribution in [3.63, 3.8) is 0 Å². The molecule has 2 heterocycles. The summed E-state index contributed by atoms with van der Waals surface area (Å²) < 4.78 is 30.3. The van der Waals surface area contributed by atoms with E-state index in [2.05, 4.69) is 12.2 Å². The summed E-state index contributed by atoms with van der Waals surface area (Å²) in [5.41, 5.74) is 0. The van der Waals surface area contributed by atoms with Crippen molar-refractivity contribution in [2.75, 3.05) is 19.3 Å². The lowest BCUT2D eigenvalue weighted by Gasteiger charge is -2.37. The van der Waals surface area contributed by atoms with Crippen LogP contribution in [0.4, 0.5) is 0 Å². The number of rotatable bonds is 6. The summed E-state index contributed by atoms with van der Waals surface area (Å²) in [4.78, 5) is 0. The Balaban J connectivity index is 1.91. The minimum atomic E-state index is -3.10. The predicted molar refractivity (Wildman–Crippen MR) is 80.1 cm³/mol. The minimum Gasteiger partial charge on any atom is -0.462 e. The molecule has 0 saturated carbocycles. The number of nitrogens with zero attached hydrogens (tertiary/aromatic N) is 1. The zero-order valence-electron chi connectivity index (χ0n) is 12.6. The number of aliphatic hydroxyl groups is 1.